The van der Waals surface area contributed by atoms with E-state index in [4.69, 9.17) is 10.2 Å². The molecule has 12 aliphatic rings. The second-order valence-corrected chi connectivity index (χ2v) is 40.9. The van der Waals surface area contributed by atoms with Gasteiger partial charge in [0.1, 0.15) is 33.6 Å². The Morgan fingerprint density at radius 1 is 0.264 bits per heavy atom. The van der Waals surface area contributed by atoms with E-state index in [1.54, 1.807) is 13.8 Å². The van der Waals surface area contributed by atoms with Crippen molar-refractivity contribution in [2.45, 2.75) is 327 Å². The molecular formula is C98H134O8. The van der Waals surface area contributed by atoms with Gasteiger partial charge in [-0.3, -0.25) is 0 Å². The highest BCUT2D eigenvalue weighted by atomic mass is 16.3. The van der Waals surface area contributed by atoms with Crippen LogP contribution in [0.4, 0.5) is 0 Å². The van der Waals surface area contributed by atoms with E-state index >= 15 is 0 Å². The first kappa shape index (κ1) is 81.7. The summed E-state index contributed by atoms with van der Waals surface area (Å²) in [5.41, 5.74) is -0.195. The predicted molar refractivity (Wildman–Crippen MR) is 430 cm³/mol. The van der Waals surface area contributed by atoms with Crippen molar-refractivity contribution in [3.63, 3.8) is 0 Å². The van der Waals surface area contributed by atoms with Crippen LogP contribution in [0.3, 0.4) is 0 Å². The molecular weight excluding hydrogens is 1310 g/mol. The zero-order valence-electron chi connectivity index (χ0n) is 69.3. The maximum absolute atomic E-state index is 11.4. The van der Waals surface area contributed by atoms with E-state index < -0.39 is 33.6 Å². The van der Waals surface area contributed by atoms with Gasteiger partial charge in [-0.05, 0) is 283 Å². The number of rotatable bonds is 2. The Bertz CT molecular complexity index is 3530. The normalized spacial score (nSPS) is 41.8. The quantitative estimate of drug-likeness (QED) is 0.118. The zero-order valence-corrected chi connectivity index (χ0v) is 69.3. The van der Waals surface area contributed by atoms with Gasteiger partial charge in [-0.25, -0.2) is 0 Å². The second-order valence-electron chi connectivity index (χ2n) is 40.9. The van der Waals surface area contributed by atoms with E-state index in [-0.39, 0.29) is 77.2 Å². The number of hydrogen-bond acceptors (Lipinski definition) is 8. The molecule has 0 amide bonds. The standard InChI is InChI=1S/3C30H38O2.2C4H10O/c3*1-25(2)23-13-15-27(25,5)29(31,19-23)17-11-21-7-9-22(10-8-21)12-18-30(32)20-24-14-16-28(30,6)26(24,3)4;2*1-3-4(2)5/h3*7-10,23-24,31-32H,13-16,19-20H2,1-6H3;2*4-5H,3H2,1-2H3/t3*23-,24-,27-,28-,29-,30-;2*4-/m11111/s1. The van der Waals surface area contributed by atoms with E-state index in [0.717, 1.165) is 123 Å². The lowest BCUT2D eigenvalue weighted by Crippen LogP contribution is -2.46. The van der Waals surface area contributed by atoms with E-state index in [0.29, 0.717) is 35.5 Å². The van der Waals surface area contributed by atoms with Crippen molar-refractivity contribution < 1.29 is 40.9 Å². The fraction of sp³-hybridized carbons (Fsp3) is 0.694. The van der Waals surface area contributed by atoms with Crippen molar-refractivity contribution in [3.05, 3.63) is 106 Å². The van der Waals surface area contributed by atoms with Crippen LogP contribution in [0.15, 0.2) is 72.8 Å². The van der Waals surface area contributed by atoms with E-state index in [1.165, 1.54) is 38.5 Å². The van der Waals surface area contributed by atoms with Gasteiger partial charge in [0.05, 0.1) is 12.2 Å². The fourth-order valence-corrected chi connectivity index (χ4v) is 23.7. The van der Waals surface area contributed by atoms with E-state index in [1.807, 2.05) is 86.6 Å². The highest BCUT2D eigenvalue weighted by molar-refractivity contribution is 5.50. The minimum atomic E-state index is -0.912. The number of hydrogen-bond donors (Lipinski definition) is 8. The van der Waals surface area contributed by atoms with Crippen LogP contribution < -0.4 is 0 Å². The summed E-state index contributed by atoms with van der Waals surface area (Å²) in [6, 6.07) is 23.8. The fourth-order valence-electron chi connectivity index (χ4n) is 23.7. The summed E-state index contributed by atoms with van der Waals surface area (Å²) in [6.45, 7) is 48.3. The molecule has 0 saturated heterocycles. The molecule has 3 aromatic carbocycles. The average molecular weight is 1440 g/mol. The molecule has 0 aliphatic heterocycles. The van der Waals surface area contributed by atoms with Gasteiger partial charge >= 0.3 is 0 Å². The van der Waals surface area contributed by atoms with Crippen LogP contribution in [0.5, 0.6) is 0 Å². The lowest BCUT2D eigenvalue weighted by molar-refractivity contribution is -0.0434. The Morgan fingerprint density at radius 3 is 0.453 bits per heavy atom. The van der Waals surface area contributed by atoms with Gasteiger partial charge < -0.3 is 40.9 Å². The van der Waals surface area contributed by atoms with Gasteiger partial charge in [0.25, 0.3) is 0 Å². The molecule has 0 aromatic heterocycles. The monoisotopic (exact) mass is 1440 g/mol. The summed E-state index contributed by atoms with van der Waals surface area (Å²) in [4.78, 5) is 0. The number of aliphatic hydroxyl groups is 8. The summed E-state index contributed by atoms with van der Waals surface area (Å²) < 4.78 is 0. The van der Waals surface area contributed by atoms with Crippen molar-refractivity contribution in [1.82, 2.24) is 0 Å². The molecule has 8 nitrogen and oxygen atoms in total. The molecule has 106 heavy (non-hydrogen) atoms. The summed E-state index contributed by atoms with van der Waals surface area (Å²) in [7, 11) is 0. The number of aliphatic hydroxyl groups excluding tert-OH is 2. The first-order chi connectivity index (χ1) is 48.9. The summed E-state index contributed by atoms with van der Waals surface area (Å²) in [5, 5.41) is 85.2. The van der Waals surface area contributed by atoms with Crippen LogP contribution >= 0.6 is 0 Å². The maximum atomic E-state index is 11.4. The molecule has 20 atom stereocenters. The largest absolute Gasteiger partial charge is 0.393 e. The third kappa shape index (κ3) is 12.5. The SMILES string of the molecule is CC1(C)[C@@H]2CC[C@@]1(C)[C@@](O)(C#Cc1ccc(C#C[C@@]3(O)C[C@H]4CC[C@]3(C)C4(C)C)cc1)C2.CC1(C)[C@@H]2CC[C@@]1(C)[C@@](O)(C#Cc1ccc(C#C[C@@]3(O)C[C@H]4CC[C@]3(C)C4(C)C)cc1)C2.CC1(C)[C@@H]2CC[C@@]1(C)[C@@](O)(C#Cc1ccc(C#C[C@@]3(O)C[C@H]4CC[C@]3(C)C4(C)C)cc1)C2.CC[C@@H](C)O.CC[C@@H](C)O. The van der Waals surface area contributed by atoms with Crippen LogP contribution in [0, 0.1) is 172 Å². The molecule has 12 bridgehead atoms. The minimum absolute atomic E-state index is 0.116. The molecule has 0 spiro atoms. The van der Waals surface area contributed by atoms with Crippen LogP contribution in [-0.4, -0.2) is 86.7 Å². The van der Waals surface area contributed by atoms with Crippen LogP contribution in [0.2, 0.25) is 0 Å². The number of benzene rings is 3. The molecule has 574 valence electrons. The van der Waals surface area contributed by atoms with Crippen LogP contribution in [0.1, 0.15) is 314 Å². The molecule has 12 fully saturated rings. The maximum Gasteiger partial charge on any atom is 0.131 e. The molecule has 0 radical (unpaired) electrons. The molecule has 8 heteroatoms. The Morgan fingerprint density at radius 2 is 0.377 bits per heavy atom. The number of fused-ring (bicyclic) bond motifs is 12. The van der Waals surface area contributed by atoms with Gasteiger partial charge in [0.2, 0.25) is 0 Å². The summed E-state index contributed by atoms with van der Waals surface area (Å²) in [6.07, 6.45) is 19.6. The topological polar surface area (TPSA) is 162 Å². The molecule has 3 aromatic rings. The first-order valence-corrected chi connectivity index (χ1v) is 41.1. The molecule has 0 heterocycles. The Hall–Kier alpha value is -5.30. The van der Waals surface area contributed by atoms with Gasteiger partial charge in [-0.2, -0.15) is 0 Å². The van der Waals surface area contributed by atoms with Gasteiger partial charge in [0.15, 0.2) is 0 Å². The van der Waals surface area contributed by atoms with Crippen molar-refractivity contribution in [1.29, 1.82) is 0 Å². The third-order valence-electron chi connectivity index (χ3n) is 35.7. The van der Waals surface area contributed by atoms with E-state index in [2.05, 4.69) is 196 Å². The second kappa shape index (κ2) is 27.3. The molecule has 12 saturated carbocycles. The predicted octanol–water partition coefficient (Wildman–Crippen LogP) is 18.2. The smallest absolute Gasteiger partial charge is 0.131 e. The Kier molecular flexibility index (Phi) is 21.0. The van der Waals surface area contributed by atoms with Crippen molar-refractivity contribution in [3.8, 4) is 71.0 Å². The summed E-state index contributed by atoms with van der Waals surface area (Å²) in [5.74, 6) is 42.4. The van der Waals surface area contributed by atoms with Gasteiger partial charge in [-0.15, -0.1) is 0 Å². The van der Waals surface area contributed by atoms with Crippen LogP contribution in [-0.2, 0) is 0 Å². The zero-order chi connectivity index (χ0) is 78.2. The molecule has 15 rings (SSSR count). The molecule has 12 aliphatic carbocycles. The van der Waals surface area contributed by atoms with Crippen molar-refractivity contribution >= 4 is 0 Å². The lowest BCUT2D eigenvalue weighted by Gasteiger charge is -2.42. The summed E-state index contributed by atoms with van der Waals surface area (Å²) >= 11 is 0. The van der Waals surface area contributed by atoms with E-state index in [9.17, 15) is 30.6 Å². The highest BCUT2D eigenvalue weighted by Gasteiger charge is 2.73. The lowest BCUT2D eigenvalue weighted by atomic mass is 9.64. The Balaban J connectivity index is 0.000000149. The highest BCUT2D eigenvalue weighted by Crippen LogP contribution is 2.75. The van der Waals surface area contributed by atoms with Crippen molar-refractivity contribution in [2.24, 2.45) is 100 Å². The minimum Gasteiger partial charge on any atom is -0.393 e. The third-order valence-corrected chi connectivity index (χ3v) is 35.7. The molecule has 0 unspecified atom stereocenters. The van der Waals surface area contributed by atoms with Crippen molar-refractivity contribution in [2.75, 3.05) is 0 Å². The Labute approximate surface area is 641 Å². The molecule has 8 N–H and O–H groups in total. The van der Waals surface area contributed by atoms with Gasteiger partial charge in [-0.1, -0.05) is 210 Å². The average Bonchev–Trinajstić information content (AvgIpc) is 1.58. The van der Waals surface area contributed by atoms with Gasteiger partial charge in [0, 0.05) is 65.9 Å². The van der Waals surface area contributed by atoms with Crippen LogP contribution in [0.25, 0.3) is 0 Å². The first-order valence-electron chi connectivity index (χ1n) is 41.1.